The Balaban J connectivity index is 0.000000810. The molecular weight excluding hydrogens is 152 g/mol. The van der Waals surface area contributed by atoms with Crippen LogP contribution < -0.4 is 17.0 Å². The number of aromatic nitrogens is 3. The third kappa shape index (κ3) is 2.03. The van der Waals surface area contributed by atoms with Gasteiger partial charge >= 0.3 is 0 Å². The Kier molecular flexibility index (Phi) is 3.44. The fourth-order valence-electron chi connectivity index (χ4n) is 0.585. The Morgan fingerprint density at radius 3 is 2.90 bits per heavy atom. The summed E-state index contributed by atoms with van der Waals surface area (Å²) < 4.78 is 3.36. The summed E-state index contributed by atoms with van der Waals surface area (Å²) in [6, 6.07) is 2.01. The zero-order valence-electron chi connectivity index (χ0n) is 5.53. The van der Waals surface area contributed by atoms with Crippen LogP contribution in [0.15, 0.2) is 12.7 Å². The Morgan fingerprint density at radius 1 is 1.80 bits per heavy atom. The Hall–Kier alpha value is -1.08. The van der Waals surface area contributed by atoms with E-state index in [1.165, 1.54) is 0 Å². The average molecular weight is 159 g/mol. The molecule has 4 nitrogen and oxygen atoms in total. The predicted octanol–water partition coefficient (Wildman–Crippen LogP) is -3.76. The summed E-state index contributed by atoms with van der Waals surface area (Å²) in [5.74, 6) is 0. The quantitative estimate of drug-likeness (QED) is 0.394. The monoisotopic (exact) mass is 158 g/mol. The van der Waals surface area contributed by atoms with Gasteiger partial charge in [0, 0.05) is 5.10 Å². The molecule has 0 aliphatic rings. The molecule has 1 aromatic rings. The standard InChI is InChI=1S/C5H7N4.ClH/c1-8-5-9(3-2-6)4-7-8;/h4-5H,3H2,1H3;1H/q+1;/p-1. The van der Waals surface area contributed by atoms with E-state index >= 15 is 0 Å². The lowest BCUT2D eigenvalue weighted by atomic mass is 10.7. The predicted molar refractivity (Wildman–Crippen MR) is 29.0 cm³/mol. The summed E-state index contributed by atoms with van der Waals surface area (Å²) in [6.07, 6.45) is 3.37. The minimum Gasteiger partial charge on any atom is -1.00 e. The van der Waals surface area contributed by atoms with Gasteiger partial charge in [-0.25, -0.2) is 4.57 Å². The number of hydrogen-bond donors (Lipinski definition) is 0. The molecule has 0 saturated carbocycles. The molecule has 0 aromatic carbocycles. The van der Waals surface area contributed by atoms with Crippen LogP contribution in [0.4, 0.5) is 0 Å². The number of rotatable bonds is 1. The highest BCUT2D eigenvalue weighted by molar-refractivity contribution is 4.59. The molecule has 0 atom stereocenters. The highest BCUT2D eigenvalue weighted by Crippen LogP contribution is 1.67. The maximum Gasteiger partial charge on any atom is 0.265 e. The topological polar surface area (TPSA) is 45.5 Å². The van der Waals surface area contributed by atoms with Crippen molar-refractivity contribution in [2.45, 2.75) is 6.54 Å². The van der Waals surface area contributed by atoms with Crippen LogP contribution in [-0.2, 0) is 13.6 Å². The van der Waals surface area contributed by atoms with E-state index < -0.39 is 0 Å². The lowest BCUT2D eigenvalue weighted by molar-refractivity contribution is -0.685. The van der Waals surface area contributed by atoms with Gasteiger partial charge in [0.05, 0.1) is 7.05 Å². The van der Waals surface area contributed by atoms with Crippen LogP contribution in [0.1, 0.15) is 0 Å². The normalized spacial score (nSPS) is 8.00. The van der Waals surface area contributed by atoms with Crippen molar-refractivity contribution >= 4 is 0 Å². The lowest BCUT2D eigenvalue weighted by Gasteiger charge is -1.77. The Labute approximate surface area is 65.1 Å². The lowest BCUT2D eigenvalue weighted by Crippen LogP contribution is -3.00. The van der Waals surface area contributed by atoms with E-state index in [0.29, 0.717) is 6.54 Å². The molecule has 0 saturated heterocycles. The molecule has 0 N–H and O–H groups in total. The van der Waals surface area contributed by atoms with E-state index in [4.69, 9.17) is 5.26 Å². The van der Waals surface area contributed by atoms with Gasteiger partial charge in [-0.15, -0.1) is 4.68 Å². The molecule has 1 aromatic heterocycles. The molecule has 0 amide bonds. The van der Waals surface area contributed by atoms with Crippen molar-refractivity contribution in [3.63, 3.8) is 0 Å². The van der Waals surface area contributed by atoms with Crippen LogP contribution in [0, 0.1) is 11.3 Å². The minimum atomic E-state index is 0. The maximum absolute atomic E-state index is 8.22. The van der Waals surface area contributed by atoms with E-state index in [-0.39, 0.29) is 12.4 Å². The van der Waals surface area contributed by atoms with Crippen molar-refractivity contribution in [3.05, 3.63) is 12.7 Å². The zero-order chi connectivity index (χ0) is 6.69. The average Bonchev–Trinajstić information content (AvgIpc) is 2.17. The van der Waals surface area contributed by atoms with Gasteiger partial charge < -0.3 is 12.4 Å². The fraction of sp³-hybridized carbons (Fsp3) is 0.400. The summed E-state index contributed by atoms with van der Waals surface area (Å²) in [5, 5.41) is 12.1. The van der Waals surface area contributed by atoms with Gasteiger partial charge in [-0.2, -0.15) is 5.26 Å². The zero-order valence-corrected chi connectivity index (χ0v) is 6.28. The molecule has 0 aliphatic carbocycles. The first-order valence-corrected chi connectivity index (χ1v) is 2.57. The SMILES string of the molecule is Cn1c[n+](CC#N)cn1.[Cl-]. The second-order valence-electron chi connectivity index (χ2n) is 1.75. The Morgan fingerprint density at radius 2 is 2.50 bits per heavy atom. The van der Waals surface area contributed by atoms with Crippen molar-refractivity contribution in [2.75, 3.05) is 0 Å². The molecule has 1 rings (SSSR count). The first-order valence-electron chi connectivity index (χ1n) is 2.57. The van der Waals surface area contributed by atoms with Crippen LogP contribution in [0.3, 0.4) is 0 Å². The van der Waals surface area contributed by atoms with Crippen LogP contribution in [0.25, 0.3) is 0 Å². The molecule has 10 heavy (non-hydrogen) atoms. The van der Waals surface area contributed by atoms with Gasteiger partial charge in [-0.05, 0) is 0 Å². The van der Waals surface area contributed by atoms with Crippen molar-refractivity contribution in [3.8, 4) is 6.07 Å². The molecular formula is C5H7ClN4. The molecule has 0 aliphatic heterocycles. The van der Waals surface area contributed by atoms with E-state index in [1.807, 2.05) is 13.1 Å². The van der Waals surface area contributed by atoms with Crippen molar-refractivity contribution in [2.24, 2.45) is 7.05 Å². The van der Waals surface area contributed by atoms with Gasteiger partial charge in [-0.1, -0.05) is 0 Å². The maximum atomic E-state index is 8.22. The fourth-order valence-corrected chi connectivity index (χ4v) is 0.585. The molecule has 0 spiro atoms. The summed E-state index contributed by atoms with van der Waals surface area (Å²) in [4.78, 5) is 0. The highest BCUT2D eigenvalue weighted by atomic mass is 35.5. The van der Waals surface area contributed by atoms with Gasteiger partial charge in [0.2, 0.25) is 6.33 Å². The summed E-state index contributed by atoms with van der Waals surface area (Å²) >= 11 is 0. The number of hydrogen-bond acceptors (Lipinski definition) is 2. The van der Waals surface area contributed by atoms with E-state index in [1.54, 1.807) is 21.9 Å². The summed E-state index contributed by atoms with van der Waals surface area (Å²) in [5.41, 5.74) is 0. The molecule has 0 bridgehead atoms. The highest BCUT2D eigenvalue weighted by Gasteiger charge is 1.97. The van der Waals surface area contributed by atoms with Crippen LogP contribution >= 0.6 is 0 Å². The molecule has 54 valence electrons. The first kappa shape index (κ1) is 8.92. The smallest absolute Gasteiger partial charge is 0.265 e. The second kappa shape index (κ2) is 3.85. The van der Waals surface area contributed by atoms with Crippen molar-refractivity contribution in [1.29, 1.82) is 5.26 Å². The molecule has 1 heterocycles. The third-order valence-corrected chi connectivity index (χ3v) is 0.951. The molecule has 0 unspecified atom stereocenters. The summed E-state index contributed by atoms with van der Waals surface area (Å²) in [6.45, 7) is 0.369. The van der Waals surface area contributed by atoms with Crippen LogP contribution in [0.2, 0.25) is 0 Å². The molecule has 0 radical (unpaired) electrons. The van der Waals surface area contributed by atoms with E-state index in [2.05, 4.69) is 5.10 Å². The molecule has 0 fully saturated rings. The summed E-state index contributed by atoms with van der Waals surface area (Å²) in [7, 11) is 1.81. The first-order chi connectivity index (χ1) is 4.33. The second-order valence-corrected chi connectivity index (χ2v) is 1.75. The number of halogens is 1. The third-order valence-electron chi connectivity index (χ3n) is 0.951. The van der Waals surface area contributed by atoms with E-state index in [9.17, 15) is 0 Å². The Bertz CT molecular complexity index is 236. The van der Waals surface area contributed by atoms with Gasteiger partial charge in [0.1, 0.15) is 6.07 Å². The van der Waals surface area contributed by atoms with Crippen molar-refractivity contribution < 1.29 is 17.0 Å². The van der Waals surface area contributed by atoms with Gasteiger partial charge in [0.15, 0.2) is 6.54 Å². The number of nitrogens with zero attached hydrogens (tertiary/aromatic N) is 4. The van der Waals surface area contributed by atoms with Gasteiger partial charge in [0.25, 0.3) is 6.33 Å². The minimum absolute atomic E-state index is 0. The number of nitriles is 1. The van der Waals surface area contributed by atoms with Crippen LogP contribution in [0.5, 0.6) is 0 Å². The van der Waals surface area contributed by atoms with Gasteiger partial charge in [-0.3, -0.25) is 0 Å². The van der Waals surface area contributed by atoms with E-state index in [0.717, 1.165) is 0 Å². The molecule has 5 heteroatoms. The van der Waals surface area contributed by atoms with Crippen molar-refractivity contribution in [1.82, 2.24) is 9.78 Å². The largest absolute Gasteiger partial charge is 1.00 e. The van der Waals surface area contributed by atoms with Crippen LogP contribution in [-0.4, -0.2) is 9.78 Å². The number of aryl methyl sites for hydroxylation is 1.